The van der Waals surface area contributed by atoms with Gasteiger partial charge in [0.1, 0.15) is 6.07 Å². The number of hydrogen-bond donors (Lipinski definition) is 1. The SMILES string of the molecule is CN(CC(=O)NC(C)(C)C)c1ccc([N+](=O)[O-])cc1C#N. The van der Waals surface area contributed by atoms with Crippen LogP contribution in [0.5, 0.6) is 0 Å². The van der Waals surface area contributed by atoms with E-state index in [1.165, 1.54) is 18.2 Å². The summed E-state index contributed by atoms with van der Waals surface area (Å²) in [4.78, 5) is 23.6. The van der Waals surface area contributed by atoms with Crippen molar-refractivity contribution in [3.05, 3.63) is 33.9 Å². The minimum atomic E-state index is -0.559. The number of rotatable bonds is 4. The Bertz CT molecular complexity index is 599. The number of carbonyl (C=O) groups is 1. The van der Waals surface area contributed by atoms with Gasteiger partial charge in [-0.15, -0.1) is 0 Å². The fourth-order valence-electron chi connectivity index (χ4n) is 1.82. The van der Waals surface area contributed by atoms with Gasteiger partial charge in [0.25, 0.3) is 5.69 Å². The molecule has 1 aromatic rings. The van der Waals surface area contributed by atoms with Crippen LogP contribution in [0.4, 0.5) is 11.4 Å². The number of nitriles is 1. The zero-order valence-corrected chi connectivity index (χ0v) is 12.5. The van der Waals surface area contributed by atoms with Gasteiger partial charge in [-0.3, -0.25) is 14.9 Å². The molecule has 0 heterocycles. The Morgan fingerprint density at radius 3 is 2.57 bits per heavy atom. The Balaban J connectivity index is 2.93. The number of carbonyl (C=O) groups excluding carboxylic acids is 1. The minimum Gasteiger partial charge on any atom is -0.364 e. The number of amides is 1. The summed E-state index contributed by atoms with van der Waals surface area (Å²) < 4.78 is 0. The molecule has 0 aliphatic heterocycles. The van der Waals surface area contributed by atoms with Crippen molar-refractivity contribution in [2.45, 2.75) is 26.3 Å². The molecule has 0 atom stereocenters. The maximum atomic E-state index is 11.9. The number of nitrogens with zero attached hydrogens (tertiary/aromatic N) is 3. The van der Waals surface area contributed by atoms with E-state index in [0.29, 0.717) is 5.69 Å². The fourth-order valence-corrected chi connectivity index (χ4v) is 1.82. The standard InChI is InChI=1S/C14H18N4O3/c1-14(2,3)16-13(19)9-17(4)12-6-5-11(18(20)21)7-10(12)8-15/h5-7H,9H2,1-4H3,(H,16,19). The monoisotopic (exact) mass is 290 g/mol. The highest BCUT2D eigenvalue weighted by molar-refractivity contribution is 5.82. The molecule has 0 aliphatic carbocycles. The lowest BCUT2D eigenvalue weighted by Crippen LogP contribution is -2.45. The van der Waals surface area contributed by atoms with Crippen molar-refractivity contribution >= 4 is 17.3 Å². The first kappa shape index (κ1) is 16.4. The molecule has 0 saturated carbocycles. The molecule has 0 aliphatic rings. The van der Waals surface area contributed by atoms with Gasteiger partial charge in [0.2, 0.25) is 5.91 Å². The normalized spacial score (nSPS) is 10.6. The Labute approximate surface area is 123 Å². The third kappa shape index (κ3) is 4.76. The number of nitro benzene ring substituents is 1. The predicted octanol–water partition coefficient (Wildman–Crippen LogP) is 1.82. The van der Waals surface area contributed by atoms with E-state index < -0.39 is 4.92 Å². The highest BCUT2D eigenvalue weighted by Crippen LogP contribution is 2.24. The van der Waals surface area contributed by atoms with E-state index in [2.05, 4.69) is 5.32 Å². The van der Waals surface area contributed by atoms with E-state index in [4.69, 9.17) is 5.26 Å². The van der Waals surface area contributed by atoms with E-state index >= 15 is 0 Å². The van der Waals surface area contributed by atoms with Gasteiger partial charge in [0, 0.05) is 24.7 Å². The quantitative estimate of drug-likeness (QED) is 0.673. The summed E-state index contributed by atoms with van der Waals surface area (Å²) in [6.45, 7) is 5.68. The second-order valence-electron chi connectivity index (χ2n) is 5.72. The molecule has 7 heteroatoms. The second kappa shape index (κ2) is 6.22. The molecule has 0 unspecified atom stereocenters. The van der Waals surface area contributed by atoms with E-state index in [0.717, 1.165) is 0 Å². The number of non-ortho nitro benzene ring substituents is 1. The third-order valence-electron chi connectivity index (χ3n) is 2.62. The Kier molecular flexibility index (Phi) is 4.87. The molecule has 112 valence electrons. The van der Waals surface area contributed by atoms with Crippen molar-refractivity contribution in [1.82, 2.24) is 5.32 Å². The highest BCUT2D eigenvalue weighted by Gasteiger charge is 2.18. The van der Waals surface area contributed by atoms with E-state index in [-0.39, 0.29) is 29.2 Å². The first-order chi connectivity index (χ1) is 9.64. The van der Waals surface area contributed by atoms with Crippen LogP contribution in [0, 0.1) is 21.4 Å². The Morgan fingerprint density at radius 1 is 1.48 bits per heavy atom. The molecule has 21 heavy (non-hydrogen) atoms. The lowest BCUT2D eigenvalue weighted by atomic mass is 10.1. The summed E-state index contributed by atoms with van der Waals surface area (Å²) in [5.74, 6) is -0.188. The topological polar surface area (TPSA) is 99.3 Å². The summed E-state index contributed by atoms with van der Waals surface area (Å²) in [7, 11) is 1.66. The predicted molar refractivity (Wildman–Crippen MR) is 79.0 cm³/mol. The van der Waals surface area contributed by atoms with Crippen molar-refractivity contribution in [3.63, 3.8) is 0 Å². The first-order valence-corrected chi connectivity index (χ1v) is 6.35. The van der Waals surface area contributed by atoms with Crippen LogP contribution in [0.3, 0.4) is 0 Å². The zero-order valence-electron chi connectivity index (χ0n) is 12.5. The fraction of sp³-hybridized carbons (Fsp3) is 0.429. The molecule has 0 aromatic heterocycles. The molecule has 1 aromatic carbocycles. The number of nitro groups is 1. The molecule has 1 N–H and O–H groups in total. The Morgan fingerprint density at radius 2 is 2.10 bits per heavy atom. The van der Waals surface area contributed by atoms with Gasteiger partial charge < -0.3 is 10.2 Å². The molecule has 1 rings (SSSR count). The molecule has 0 radical (unpaired) electrons. The average molecular weight is 290 g/mol. The number of likely N-dealkylation sites (N-methyl/N-ethyl adjacent to an activating group) is 1. The number of nitrogens with one attached hydrogen (secondary N) is 1. The first-order valence-electron chi connectivity index (χ1n) is 6.35. The van der Waals surface area contributed by atoms with Crippen LogP contribution in [0.1, 0.15) is 26.3 Å². The van der Waals surface area contributed by atoms with E-state index in [1.807, 2.05) is 26.8 Å². The molecule has 1 amide bonds. The molecule has 0 saturated heterocycles. The van der Waals surface area contributed by atoms with Crippen LogP contribution < -0.4 is 10.2 Å². The van der Waals surface area contributed by atoms with Crippen LogP contribution in [-0.4, -0.2) is 30.0 Å². The molecule has 0 fully saturated rings. The second-order valence-corrected chi connectivity index (χ2v) is 5.72. The number of anilines is 1. The molecule has 7 nitrogen and oxygen atoms in total. The van der Waals surface area contributed by atoms with Gasteiger partial charge in [0.05, 0.1) is 22.7 Å². The van der Waals surface area contributed by atoms with Gasteiger partial charge in [-0.25, -0.2) is 0 Å². The van der Waals surface area contributed by atoms with Crippen LogP contribution in [0.25, 0.3) is 0 Å². The van der Waals surface area contributed by atoms with Gasteiger partial charge in [-0.1, -0.05) is 0 Å². The summed E-state index contributed by atoms with van der Waals surface area (Å²) in [5, 5.41) is 22.6. The lowest BCUT2D eigenvalue weighted by Gasteiger charge is -2.24. The van der Waals surface area contributed by atoms with Crippen molar-refractivity contribution in [1.29, 1.82) is 5.26 Å². The van der Waals surface area contributed by atoms with Crippen molar-refractivity contribution < 1.29 is 9.72 Å². The smallest absolute Gasteiger partial charge is 0.270 e. The zero-order chi connectivity index (χ0) is 16.2. The average Bonchev–Trinajstić information content (AvgIpc) is 2.35. The lowest BCUT2D eigenvalue weighted by molar-refractivity contribution is -0.384. The summed E-state index contributed by atoms with van der Waals surface area (Å²) in [5.41, 5.74) is 0.149. The highest BCUT2D eigenvalue weighted by atomic mass is 16.6. The molecule has 0 spiro atoms. The van der Waals surface area contributed by atoms with Gasteiger partial charge in [-0.2, -0.15) is 5.26 Å². The van der Waals surface area contributed by atoms with Crippen LogP contribution in [0.2, 0.25) is 0 Å². The molecule has 0 bridgehead atoms. The largest absolute Gasteiger partial charge is 0.364 e. The third-order valence-corrected chi connectivity index (χ3v) is 2.62. The summed E-state index contributed by atoms with van der Waals surface area (Å²) in [6, 6.07) is 5.90. The molecular formula is C14H18N4O3. The maximum absolute atomic E-state index is 11.9. The molecular weight excluding hydrogens is 272 g/mol. The maximum Gasteiger partial charge on any atom is 0.270 e. The van der Waals surface area contributed by atoms with Crippen LogP contribution >= 0.6 is 0 Å². The number of benzene rings is 1. The van der Waals surface area contributed by atoms with Crippen LogP contribution in [0.15, 0.2) is 18.2 Å². The Hall–Kier alpha value is -2.62. The van der Waals surface area contributed by atoms with E-state index in [1.54, 1.807) is 11.9 Å². The van der Waals surface area contributed by atoms with Crippen LogP contribution in [-0.2, 0) is 4.79 Å². The minimum absolute atomic E-state index is 0.0593. The van der Waals surface area contributed by atoms with Crippen molar-refractivity contribution in [2.24, 2.45) is 0 Å². The summed E-state index contributed by atoms with van der Waals surface area (Å²) in [6.07, 6.45) is 0. The van der Waals surface area contributed by atoms with Gasteiger partial charge in [0.15, 0.2) is 0 Å². The van der Waals surface area contributed by atoms with Crippen molar-refractivity contribution in [3.8, 4) is 6.07 Å². The summed E-state index contributed by atoms with van der Waals surface area (Å²) >= 11 is 0. The number of hydrogen-bond acceptors (Lipinski definition) is 5. The van der Waals surface area contributed by atoms with Gasteiger partial charge >= 0.3 is 0 Å². The van der Waals surface area contributed by atoms with Gasteiger partial charge in [-0.05, 0) is 26.8 Å². The van der Waals surface area contributed by atoms with E-state index in [9.17, 15) is 14.9 Å². The van der Waals surface area contributed by atoms with Crippen molar-refractivity contribution in [2.75, 3.05) is 18.5 Å².